The largest absolute Gasteiger partial charge is 0.394 e. The van der Waals surface area contributed by atoms with Crippen LogP contribution in [0.15, 0.2) is 0 Å². The summed E-state index contributed by atoms with van der Waals surface area (Å²) >= 11 is 0. The van der Waals surface area contributed by atoms with Gasteiger partial charge < -0.3 is 54.7 Å². The summed E-state index contributed by atoms with van der Waals surface area (Å²) in [5.41, 5.74) is 0. The van der Waals surface area contributed by atoms with Gasteiger partial charge in [0, 0.05) is 19.3 Å². The van der Waals surface area contributed by atoms with Crippen LogP contribution < -0.4 is 0 Å². The van der Waals surface area contributed by atoms with Crippen LogP contribution in [0.1, 0.15) is 26.2 Å². The SMILES string of the molecule is CC1CC(O)C(O)[C@@H](OCC2CC(O)C(O)CO2)O1.OCC1CC(O)C(O)CO1. The van der Waals surface area contributed by atoms with Crippen molar-refractivity contribution in [3.05, 3.63) is 0 Å². The molecular formula is C18H34O11. The predicted octanol–water partition coefficient (Wildman–Crippen LogP) is -3.14. The van der Waals surface area contributed by atoms with Crippen molar-refractivity contribution in [1.29, 1.82) is 0 Å². The summed E-state index contributed by atoms with van der Waals surface area (Å²) in [6.45, 7) is 2.01. The first kappa shape index (κ1) is 24.8. The van der Waals surface area contributed by atoms with E-state index in [-0.39, 0.29) is 51.2 Å². The molecule has 7 N–H and O–H groups in total. The van der Waals surface area contributed by atoms with Crippen molar-refractivity contribution in [3.8, 4) is 0 Å². The molecule has 11 nitrogen and oxygen atoms in total. The maximum Gasteiger partial charge on any atom is 0.186 e. The lowest BCUT2D eigenvalue weighted by Crippen LogP contribution is -2.50. The van der Waals surface area contributed by atoms with E-state index in [1.165, 1.54) is 0 Å². The van der Waals surface area contributed by atoms with Crippen LogP contribution in [0, 0.1) is 0 Å². The second kappa shape index (κ2) is 11.8. The summed E-state index contributed by atoms with van der Waals surface area (Å²) in [4.78, 5) is 0. The summed E-state index contributed by atoms with van der Waals surface area (Å²) in [6, 6.07) is 0. The van der Waals surface area contributed by atoms with Gasteiger partial charge >= 0.3 is 0 Å². The van der Waals surface area contributed by atoms with Crippen LogP contribution in [0.2, 0.25) is 0 Å². The number of aliphatic hydroxyl groups is 7. The first-order valence-electron chi connectivity index (χ1n) is 9.90. The van der Waals surface area contributed by atoms with E-state index in [9.17, 15) is 20.4 Å². The summed E-state index contributed by atoms with van der Waals surface area (Å²) in [7, 11) is 0. The quantitative estimate of drug-likeness (QED) is 0.241. The molecule has 3 fully saturated rings. The van der Waals surface area contributed by atoms with Crippen molar-refractivity contribution in [1.82, 2.24) is 0 Å². The second-order valence-electron chi connectivity index (χ2n) is 7.78. The van der Waals surface area contributed by atoms with E-state index in [1.807, 2.05) is 0 Å². The molecule has 0 amide bonds. The molecule has 0 bridgehead atoms. The van der Waals surface area contributed by atoms with Crippen LogP contribution in [0.4, 0.5) is 0 Å². The molecule has 0 spiro atoms. The Morgan fingerprint density at radius 3 is 1.86 bits per heavy atom. The maximum atomic E-state index is 9.75. The molecule has 0 aromatic heterocycles. The summed E-state index contributed by atoms with van der Waals surface area (Å²) in [5, 5.41) is 64.7. The van der Waals surface area contributed by atoms with Crippen LogP contribution in [0.3, 0.4) is 0 Å². The Kier molecular flexibility index (Phi) is 10.1. The van der Waals surface area contributed by atoms with E-state index in [0.29, 0.717) is 12.8 Å². The van der Waals surface area contributed by atoms with E-state index in [0.717, 1.165) is 0 Å². The molecule has 3 aliphatic rings. The highest BCUT2D eigenvalue weighted by Crippen LogP contribution is 2.22. The minimum absolute atomic E-state index is 0.0578. The Balaban J connectivity index is 0.000000253. The Morgan fingerprint density at radius 1 is 0.759 bits per heavy atom. The zero-order chi connectivity index (χ0) is 21.6. The minimum Gasteiger partial charge on any atom is -0.394 e. The molecule has 3 aliphatic heterocycles. The zero-order valence-electron chi connectivity index (χ0n) is 16.5. The molecule has 3 rings (SSSR count). The first-order valence-corrected chi connectivity index (χ1v) is 9.90. The fourth-order valence-electron chi connectivity index (χ4n) is 3.29. The van der Waals surface area contributed by atoms with Gasteiger partial charge in [-0.15, -0.1) is 0 Å². The third-order valence-corrected chi connectivity index (χ3v) is 5.17. The van der Waals surface area contributed by atoms with Gasteiger partial charge in [0.05, 0.1) is 63.1 Å². The summed E-state index contributed by atoms with van der Waals surface area (Å²) in [6.07, 6.45) is -5.99. The predicted molar refractivity (Wildman–Crippen MR) is 96.7 cm³/mol. The normalized spacial score (nSPS) is 45.9. The number of ether oxygens (including phenoxy) is 4. The molecule has 11 heteroatoms. The lowest BCUT2D eigenvalue weighted by molar-refractivity contribution is -0.273. The van der Waals surface area contributed by atoms with Crippen LogP contribution in [-0.2, 0) is 18.9 Å². The fraction of sp³-hybridized carbons (Fsp3) is 1.00. The highest BCUT2D eigenvalue weighted by Gasteiger charge is 2.37. The Labute approximate surface area is 169 Å². The van der Waals surface area contributed by atoms with Gasteiger partial charge in [0.15, 0.2) is 6.29 Å². The van der Waals surface area contributed by atoms with Crippen LogP contribution in [0.25, 0.3) is 0 Å². The second-order valence-corrected chi connectivity index (χ2v) is 7.78. The molecule has 172 valence electrons. The van der Waals surface area contributed by atoms with Crippen molar-refractivity contribution in [3.63, 3.8) is 0 Å². The lowest BCUT2D eigenvalue weighted by Gasteiger charge is -2.37. The topological polar surface area (TPSA) is 179 Å². The molecule has 0 aromatic rings. The smallest absolute Gasteiger partial charge is 0.186 e. The standard InChI is InChI=1S/C12H22O7.C6H12O4/c1-6-2-9(14)11(16)12(19-6)18-4-7-3-8(13)10(15)5-17-7;7-2-4-1-5(8)6(9)3-10-4/h6-16H,2-5H2,1H3;4-9H,1-3H2/t6?,7?,8?,9?,10?,11?,12-;/m0./s1. The van der Waals surface area contributed by atoms with Gasteiger partial charge in [0.2, 0.25) is 0 Å². The van der Waals surface area contributed by atoms with Crippen molar-refractivity contribution >= 4 is 0 Å². The van der Waals surface area contributed by atoms with Gasteiger partial charge in [0.1, 0.15) is 18.3 Å². The molecule has 3 saturated heterocycles. The van der Waals surface area contributed by atoms with Crippen LogP contribution >= 0.6 is 0 Å². The molecule has 10 atom stereocenters. The van der Waals surface area contributed by atoms with E-state index >= 15 is 0 Å². The van der Waals surface area contributed by atoms with Crippen molar-refractivity contribution < 1.29 is 54.7 Å². The third kappa shape index (κ3) is 7.64. The number of hydrogen-bond acceptors (Lipinski definition) is 11. The first-order chi connectivity index (χ1) is 13.7. The zero-order valence-corrected chi connectivity index (χ0v) is 16.5. The van der Waals surface area contributed by atoms with Gasteiger partial charge in [-0.25, -0.2) is 0 Å². The number of rotatable bonds is 4. The van der Waals surface area contributed by atoms with E-state index in [1.54, 1.807) is 6.92 Å². The summed E-state index contributed by atoms with van der Waals surface area (Å²) < 4.78 is 21.1. The van der Waals surface area contributed by atoms with Crippen LogP contribution in [0.5, 0.6) is 0 Å². The molecule has 0 aromatic carbocycles. The van der Waals surface area contributed by atoms with E-state index < -0.39 is 42.9 Å². The van der Waals surface area contributed by atoms with Gasteiger partial charge in [0.25, 0.3) is 0 Å². The van der Waals surface area contributed by atoms with Gasteiger partial charge in [-0.2, -0.15) is 0 Å². The molecular weight excluding hydrogens is 392 g/mol. The van der Waals surface area contributed by atoms with E-state index in [2.05, 4.69) is 0 Å². The highest BCUT2D eigenvalue weighted by molar-refractivity contribution is 4.81. The highest BCUT2D eigenvalue weighted by atomic mass is 16.7. The Morgan fingerprint density at radius 2 is 1.31 bits per heavy atom. The molecule has 9 unspecified atom stereocenters. The van der Waals surface area contributed by atoms with Gasteiger partial charge in [-0.05, 0) is 6.92 Å². The van der Waals surface area contributed by atoms with Gasteiger partial charge in [-0.3, -0.25) is 0 Å². The van der Waals surface area contributed by atoms with E-state index in [4.69, 9.17) is 34.3 Å². The number of aliphatic hydroxyl groups excluding tert-OH is 7. The fourth-order valence-corrected chi connectivity index (χ4v) is 3.29. The van der Waals surface area contributed by atoms with Gasteiger partial charge in [-0.1, -0.05) is 0 Å². The molecule has 29 heavy (non-hydrogen) atoms. The average molecular weight is 426 g/mol. The van der Waals surface area contributed by atoms with Crippen LogP contribution in [-0.4, -0.2) is 123 Å². The Bertz CT molecular complexity index is 467. The van der Waals surface area contributed by atoms with Crippen molar-refractivity contribution in [2.45, 2.75) is 87.4 Å². The lowest BCUT2D eigenvalue weighted by atomic mass is 10.0. The van der Waals surface area contributed by atoms with Crippen molar-refractivity contribution in [2.75, 3.05) is 26.4 Å². The van der Waals surface area contributed by atoms with Crippen molar-refractivity contribution in [2.24, 2.45) is 0 Å². The summed E-state index contributed by atoms with van der Waals surface area (Å²) in [5.74, 6) is 0. The molecule has 0 aliphatic carbocycles. The minimum atomic E-state index is -1.09. The molecule has 0 radical (unpaired) electrons. The molecule has 0 saturated carbocycles. The monoisotopic (exact) mass is 426 g/mol. The Hall–Kier alpha value is -0.440. The molecule has 3 heterocycles. The third-order valence-electron chi connectivity index (χ3n) is 5.17. The maximum absolute atomic E-state index is 9.75. The number of hydrogen-bond donors (Lipinski definition) is 7. The average Bonchev–Trinajstić information content (AvgIpc) is 2.68.